The topological polar surface area (TPSA) is 90.9 Å². The molecule has 3 N–H and O–H groups in total. The van der Waals surface area contributed by atoms with E-state index in [1.165, 1.54) is 17.0 Å². The fourth-order valence-corrected chi connectivity index (χ4v) is 5.29. The van der Waals surface area contributed by atoms with E-state index in [0.29, 0.717) is 30.8 Å². The number of carbonyl (C=O) groups is 2. The number of nitrogens with zero attached hydrogens (tertiary/aromatic N) is 1. The molecule has 0 unspecified atom stereocenters. The lowest BCUT2D eigenvalue weighted by Gasteiger charge is -2.31. The predicted octanol–water partition coefficient (Wildman–Crippen LogP) is 3.28. The van der Waals surface area contributed by atoms with Crippen LogP contribution in [0.25, 0.3) is 0 Å². The predicted molar refractivity (Wildman–Crippen MR) is 155 cm³/mol. The van der Waals surface area contributed by atoms with E-state index in [0.717, 1.165) is 30.4 Å². The Kier molecular flexibility index (Phi) is 10.0. The molecule has 2 amide bonds. The summed E-state index contributed by atoms with van der Waals surface area (Å²) in [5, 5.41) is 17.8. The van der Waals surface area contributed by atoms with E-state index in [1.807, 2.05) is 24.3 Å². The van der Waals surface area contributed by atoms with Crippen LogP contribution < -0.4 is 15.4 Å². The summed E-state index contributed by atoms with van der Waals surface area (Å²) >= 11 is 0. The van der Waals surface area contributed by atoms with Gasteiger partial charge in [0.25, 0.3) is 0 Å². The molecule has 2 aromatic rings. The van der Waals surface area contributed by atoms with Gasteiger partial charge in [0.1, 0.15) is 17.6 Å². The summed E-state index contributed by atoms with van der Waals surface area (Å²) in [5.41, 5.74) is 2.08. The fraction of sp³-hybridized carbons (Fsp3) is 0.455. The number of aliphatic hydroxyl groups excluding tert-OH is 1. The third-order valence-electron chi connectivity index (χ3n) is 7.94. The van der Waals surface area contributed by atoms with Crippen molar-refractivity contribution in [2.24, 2.45) is 0 Å². The number of ether oxygens (including phenoxy) is 1. The smallest absolute Gasteiger partial charge is 0.244 e. The van der Waals surface area contributed by atoms with Gasteiger partial charge >= 0.3 is 0 Å². The number of likely N-dealkylation sites (N-methyl/N-ethyl adjacent to an activating group) is 1. The Morgan fingerprint density at radius 3 is 2.73 bits per heavy atom. The fourth-order valence-electron chi connectivity index (χ4n) is 5.29. The first-order chi connectivity index (χ1) is 19.7. The standard InChI is InChI=1S/C33H38FN3O4/c1-4-10-29-32(40)36-28(30(38)22-35-33(14-15-33)25-12-9-11-23(5-2)17-25)20-24-18-26(34)21-27(19-24)41-16-8-6-7-13-31(39)37(29)3/h1-2,9,11-12,17-19,21,28-30,35,38H,6-8,10,13-16,20,22H2,3H3,(H,36,40)/t28-,29-,30+/m0/s1. The zero-order chi connectivity index (χ0) is 29.4. The van der Waals surface area contributed by atoms with Crippen LogP contribution in [-0.2, 0) is 21.5 Å². The van der Waals surface area contributed by atoms with Crippen molar-refractivity contribution < 1.29 is 23.8 Å². The van der Waals surface area contributed by atoms with Crippen molar-refractivity contribution in [3.8, 4) is 30.4 Å². The summed E-state index contributed by atoms with van der Waals surface area (Å²) in [7, 11) is 1.57. The van der Waals surface area contributed by atoms with E-state index in [2.05, 4.69) is 22.5 Å². The lowest BCUT2D eigenvalue weighted by molar-refractivity contribution is -0.139. The molecule has 4 rings (SSSR count). The molecule has 216 valence electrons. The number of aliphatic hydroxyl groups is 1. The minimum absolute atomic E-state index is 0.0295. The summed E-state index contributed by atoms with van der Waals surface area (Å²) in [6.45, 7) is 0.556. The average Bonchev–Trinajstić information content (AvgIpc) is 3.76. The molecule has 0 aromatic heterocycles. The molecule has 0 radical (unpaired) electrons. The third kappa shape index (κ3) is 7.88. The maximum Gasteiger partial charge on any atom is 0.244 e. The quantitative estimate of drug-likeness (QED) is 0.473. The van der Waals surface area contributed by atoms with E-state index in [1.54, 1.807) is 13.1 Å². The van der Waals surface area contributed by atoms with E-state index in [9.17, 15) is 19.1 Å². The molecule has 1 fully saturated rings. The Hall–Kier alpha value is -3.85. The number of terminal acetylenes is 2. The summed E-state index contributed by atoms with van der Waals surface area (Å²) in [6.07, 6.45) is 14.4. The van der Waals surface area contributed by atoms with Crippen LogP contribution in [-0.4, -0.2) is 60.2 Å². The minimum Gasteiger partial charge on any atom is -0.493 e. The molecule has 7 nitrogen and oxygen atoms in total. The Morgan fingerprint density at radius 2 is 2.00 bits per heavy atom. The molecule has 1 saturated carbocycles. The summed E-state index contributed by atoms with van der Waals surface area (Å²) in [6, 6.07) is 10.5. The number of amides is 2. The van der Waals surface area contributed by atoms with Gasteiger partial charge in [-0.3, -0.25) is 9.59 Å². The van der Waals surface area contributed by atoms with Gasteiger partial charge in [0, 0.05) is 43.6 Å². The molecule has 41 heavy (non-hydrogen) atoms. The van der Waals surface area contributed by atoms with Crippen molar-refractivity contribution in [1.29, 1.82) is 0 Å². The summed E-state index contributed by atoms with van der Waals surface area (Å²) in [5.74, 6) is 4.44. The zero-order valence-corrected chi connectivity index (χ0v) is 23.5. The number of fused-ring (bicyclic) bond motifs is 2. The van der Waals surface area contributed by atoms with Crippen LogP contribution in [0, 0.1) is 30.5 Å². The van der Waals surface area contributed by atoms with Crippen molar-refractivity contribution in [1.82, 2.24) is 15.5 Å². The average molecular weight is 560 g/mol. The van der Waals surface area contributed by atoms with Crippen LogP contribution >= 0.6 is 0 Å². The number of benzene rings is 2. The monoisotopic (exact) mass is 559 g/mol. The van der Waals surface area contributed by atoms with Crippen LogP contribution in [0.4, 0.5) is 4.39 Å². The first-order valence-electron chi connectivity index (χ1n) is 14.2. The maximum atomic E-state index is 14.5. The Balaban J connectivity index is 1.58. The van der Waals surface area contributed by atoms with E-state index < -0.39 is 29.9 Å². The van der Waals surface area contributed by atoms with Crippen LogP contribution in [0.15, 0.2) is 42.5 Å². The normalized spacial score (nSPS) is 22.0. The molecule has 8 heteroatoms. The van der Waals surface area contributed by atoms with E-state index in [-0.39, 0.29) is 37.3 Å². The molecule has 1 aliphatic carbocycles. The number of hydrogen-bond donors (Lipinski definition) is 3. The van der Waals surface area contributed by atoms with Crippen molar-refractivity contribution in [2.75, 3.05) is 20.2 Å². The van der Waals surface area contributed by atoms with Crippen LogP contribution in [0.3, 0.4) is 0 Å². The van der Waals surface area contributed by atoms with Gasteiger partial charge in [0.05, 0.1) is 18.8 Å². The maximum absolute atomic E-state index is 14.5. The second-order valence-electron chi connectivity index (χ2n) is 11.0. The number of hydrogen-bond acceptors (Lipinski definition) is 5. The van der Waals surface area contributed by atoms with Gasteiger partial charge in [-0.15, -0.1) is 18.8 Å². The van der Waals surface area contributed by atoms with Gasteiger partial charge in [0.2, 0.25) is 11.8 Å². The molecule has 2 aromatic carbocycles. The number of halogens is 1. The number of nitrogens with one attached hydrogen (secondary N) is 2. The van der Waals surface area contributed by atoms with E-state index >= 15 is 0 Å². The second-order valence-corrected chi connectivity index (χ2v) is 11.0. The Bertz CT molecular complexity index is 1330. The highest BCUT2D eigenvalue weighted by Gasteiger charge is 2.44. The summed E-state index contributed by atoms with van der Waals surface area (Å²) in [4.78, 5) is 27.8. The van der Waals surface area contributed by atoms with Gasteiger partial charge in [-0.1, -0.05) is 18.1 Å². The zero-order valence-electron chi connectivity index (χ0n) is 23.5. The van der Waals surface area contributed by atoms with Crippen molar-refractivity contribution >= 4 is 11.8 Å². The van der Waals surface area contributed by atoms with Crippen molar-refractivity contribution in [2.45, 2.75) is 75.1 Å². The molecule has 0 saturated heterocycles. The molecule has 0 spiro atoms. The number of carbonyl (C=O) groups excluding carboxylic acids is 2. The molecule has 3 atom stereocenters. The van der Waals surface area contributed by atoms with Crippen LogP contribution in [0.2, 0.25) is 0 Å². The molecule has 2 aliphatic rings. The van der Waals surface area contributed by atoms with Crippen molar-refractivity contribution in [3.05, 3.63) is 65.0 Å². The third-order valence-corrected chi connectivity index (χ3v) is 7.94. The van der Waals surface area contributed by atoms with Gasteiger partial charge in [-0.05, 0) is 73.9 Å². The van der Waals surface area contributed by atoms with Gasteiger partial charge in [-0.25, -0.2) is 4.39 Å². The Morgan fingerprint density at radius 1 is 1.20 bits per heavy atom. The lowest BCUT2D eigenvalue weighted by atomic mass is 9.98. The lowest BCUT2D eigenvalue weighted by Crippen LogP contribution is -2.55. The Labute approximate surface area is 241 Å². The first-order valence-corrected chi connectivity index (χ1v) is 14.2. The molecule has 2 bridgehead atoms. The number of rotatable bonds is 6. The first kappa shape index (κ1) is 30.1. The van der Waals surface area contributed by atoms with Crippen LogP contribution in [0.5, 0.6) is 5.75 Å². The largest absolute Gasteiger partial charge is 0.493 e. The SMILES string of the molecule is C#CC[C@H]1C(=O)N[C@H]([C@H](O)CNC2(c3cccc(C#C)c3)CC2)Cc2cc(F)cc(c2)OCCCCCC(=O)N1C. The highest BCUT2D eigenvalue weighted by atomic mass is 19.1. The summed E-state index contributed by atoms with van der Waals surface area (Å²) < 4.78 is 20.3. The van der Waals surface area contributed by atoms with Gasteiger partial charge in [-0.2, -0.15) is 0 Å². The van der Waals surface area contributed by atoms with Gasteiger partial charge in [0.15, 0.2) is 0 Å². The van der Waals surface area contributed by atoms with E-state index in [4.69, 9.17) is 17.6 Å². The highest BCUT2D eigenvalue weighted by Crippen LogP contribution is 2.45. The van der Waals surface area contributed by atoms with Crippen molar-refractivity contribution in [3.63, 3.8) is 0 Å². The highest BCUT2D eigenvalue weighted by molar-refractivity contribution is 5.88. The molecular formula is C33H38FN3O4. The molecule has 1 heterocycles. The minimum atomic E-state index is -1.04. The van der Waals surface area contributed by atoms with Crippen LogP contribution in [0.1, 0.15) is 61.6 Å². The molecule has 1 aliphatic heterocycles. The molecular weight excluding hydrogens is 521 g/mol. The second kappa shape index (κ2) is 13.7. The van der Waals surface area contributed by atoms with Gasteiger partial charge < -0.3 is 25.4 Å².